The maximum atomic E-state index is 13.6. The molecule has 2 nitrogen and oxygen atoms in total. The molecule has 0 radical (unpaired) electrons. The molecule has 248 valence electrons. The zero-order valence-corrected chi connectivity index (χ0v) is 30.3. The molecule has 0 saturated carbocycles. The van der Waals surface area contributed by atoms with Crippen LogP contribution in [0.3, 0.4) is 0 Å². The molecule has 0 bridgehead atoms. The molecule has 41 heavy (non-hydrogen) atoms. The van der Waals surface area contributed by atoms with Gasteiger partial charge in [-0.05, 0) is 0 Å². The number of rotatable bonds is 33. The van der Waals surface area contributed by atoms with Gasteiger partial charge in [0.2, 0.25) is 0 Å². The van der Waals surface area contributed by atoms with Gasteiger partial charge in [0.05, 0.1) is 0 Å². The quantitative estimate of drug-likeness (QED) is 0.0555. The Kier molecular flexibility index (Phi) is 28.6. The van der Waals surface area contributed by atoms with E-state index in [-0.39, 0.29) is 5.97 Å². The molecule has 0 saturated heterocycles. The summed E-state index contributed by atoms with van der Waals surface area (Å²) in [4.78, 5) is 13.6. The molecule has 3 heteroatoms. The number of carbonyl (C=O) groups is 1. The monoisotopic (exact) mass is 599 g/mol. The SMILES string of the molecule is CCCCCCCCP(CCCCCCCC)(CCCCCCCC)(CCCCCCCC)OC(=O)CCCCC. The van der Waals surface area contributed by atoms with Crippen LogP contribution in [0.4, 0.5) is 0 Å². The zero-order chi connectivity index (χ0) is 30.4. The van der Waals surface area contributed by atoms with Gasteiger partial charge >= 0.3 is 261 Å². The van der Waals surface area contributed by atoms with Crippen molar-refractivity contribution in [2.75, 3.05) is 24.6 Å². The Labute approximate surface area is 260 Å². The predicted octanol–water partition coefficient (Wildman–Crippen LogP) is 14.0. The standard InChI is InChI=1S/C38H79O2P/c1-6-11-16-20-24-29-34-41(35-30-25-21-17-12-7-2,36-31-26-22-18-13-8-3,37-32-27-23-19-14-9-4)40-38(39)33-28-15-10-5/h6-37H2,1-5H3. The molecule has 0 amide bonds. The summed E-state index contributed by atoms with van der Waals surface area (Å²) in [7, 11) is 0. The van der Waals surface area contributed by atoms with Gasteiger partial charge in [-0.25, -0.2) is 0 Å². The minimum absolute atomic E-state index is 0.171. The van der Waals surface area contributed by atoms with Crippen molar-refractivity contribution in [3.63, 3.8) is 0 Å². The molecule has 0 fully saturated rings. The molecule has 0 aliphatic heterocycles. The summed E-state index contributed by atoms with van der Waals surface area (Å²) >= 11 is 0. The third kappa shape index (κ3) is 22.1. The van der Waals surface area contributed by atoms with Crippen LogP contribution in [0.2, 0.25) is 0 Å². The van der Waals surface area contributed by atoms with Gasteiger partial charge < -0.3 is 0 Å². The second-order valence-electron chi connectivity index (χ2n) is 13.7. The second kappa shape index (κ2) is 28.7. The molecule has 0 spiro atoms. The second-order valence-corrected chi connectivity index (χ2v) is 19.4. The van der Waals surface area contributed by atoms with Gasteiger partial charge in [-0.3, -0.25) is 0 Å². The molecule has 0 aromatic rings. The molecule has 0 aromatic carbocycles. The van der Waals surface area contributed by atoms with Gasteiger partial charge in [-0.2, -0.15) is 0 Å². The first-order valence-electron chi connectivity index (χ1n) is 19.2. The van der Waals surface area contributed by atoms with Crippen molar-refractivity contribution in [3.05, 3.63) is 0 Å². The van der Waals surface area contributed by atoms with E-state index in [0.29, 0.717) is 6.42 Å². The first kappa shape index (κ1) is 40.9. The van der Waals surface area contributed by atoms with E-state index in [9.17, 15) is 4.79 Å². The Bertz CT molecular complexity index is 485. The van der Waals surface area contributed by atoms with Crippen LogP contribution in [-0.4, -0.2) is 30.6 Å². The number of hydrogen-bond acceptors (Lipinski definition) is 2. The summed E-state index contributed by atoms with van der Waals surface area (Å²) in [5, 5.41) is 0. The Morgan fingerprint density at radius 3 is 0.902 bits per heavy atom. The van der Waals surface area contributed by atoms with Crippen LogP contribution in [0.5, 0.6) is 0 Å². The predicted molar refractivity (Wildman–Crippen MR) is 190 cm³/mol. The first-order valence-corrected chi connectivity index (χ1v) is 22.1. The normalized spacial score (nSPS) is 12.9. The summed E-state index contributed by atoms with van der Waals surface area (Å²) < 4.78 is 7.17. The van der Waals surface area contributed by atoms with Crippen LogP contribution in [0, 0.1) is 0 Å². The van der Waals surface area contributed by atoms with Crippen LogP contribution in [0.25, 0.3) is 0 Å². The molecular weight excluding hydrogens is 519 g/mol. The molecular formula is C38H79O2P. The number of unbranched alkanes of at least 4 members (excludes halogenated alkanes) is 22. The van der Waals surface area contributed by atoms with Crippen molar-refractivity contribution < 1.29 is 9.32 Å². The van der Waals surface area contributed by atoms with Crippen molar-refractivity contribution in [1.29, 1.82) is 0 Å². The molecule has 0 aliphatic carbocycles. The first-order chi connectivity index (χ1) is 20.0. The third-order valence-electron chi connectivity index (χ3n) is 9.65. The Hall–Kier alpha value is -0.100. The van der Waals surface area contributed by atoms with Gasteiger partial charge in [-0.1, -0.05) is 0 Å². The van der Waals surface area contributed by atoms with Gasteiger partial charge in [0, 0.05) is 0 Å². The van der Waals surface area contributed by atoms with E-state index in [2.05, 4.69) is 34.6 Å². The maximum absolute atomic E-state index is 13.6. The third-order valence-corrected chi connectivity index (χ3v) is 16.2. The van der Waals surface area contributed by atoms with Crippen molar-refractivity contribution in [3.8, 4) is 0 Å². The van der Waals surface area contributed by atoms with E-state index in [4.69, 9.17) is 4.52 Å². The molecule has 0 heterocycles. The van der Waals surface area contributed by atoms with Crippen molar-refractivity contribution in [1.82, 2.24) is 0 Å². The summed E-state index contributed by atoms with van der Waals surface area (Å²) in [6.07, 6.45) is 40.9. The van der Waals surface area contributed by atoms with Gasteiger partial charge in [0.25, 0.3) is 0 Å². The average molecular weight is 599 g/mol. The molecule has 0 unspecified atom stereocenters. The molecule has 0 N–H and O–H groups in total. The van der Waals surface area contributed by atoms with Crippen LogP contribution >= 0.6 is 6.83 Å². The van der Waals surface area contributed by atoms with Crippen LogP contribution in [0.1, 0.15) is 214 Å². The van der Waals surface area contributed by atoms with Crippen molar-refractivity contribution in [2.45, 2.75) is 214 Å². The topological polar surface area (TPSA) is 26.3 Å². The van der Waals surface area contributed by atoms with Gasteiger partial charge in [0.15, 0.2) is 0 Å². The molecule has 0 rings (SSSR count). The summed E-state index contributed by atoms with van der Waals surface area (Å²) in [6, 6.07) is 0. The fourth-order valence-corrected chi connectivity index (χ4v) is 13.3. The van der Waals surface area contributed by atoms with Gasteiger partial charge in [0.1, 0.15) is 0 Å². The summed E-state index contributed by atoms with van der Waals surface area (Å²) in [5.74, 6) is 0.171. The summed E-state index contributed by atoms with van der Waals surface area (Å²) in [6.45, 7) is 8.88. The zero-order valence-electron chi connectivity index (χ0n) is 29.4. The van der Waals surface area contributed by atoms with Crippen molar-refractivity contribution in [2.24, 2.45) is 0 Å². The minimum atomic E-state index is -2.60. The van der Waals surface area contributed by atoms with E-state index >= 15 is 0 Å². The van der Waals surface area contributed by atoms with Crippen LogP contribution < -0.4 is 0 Å². The molecule has 0 aliphatic rings. The van der Waals surface area contributed by atoms with E-state index in [0.717, 1.165) is 12.8 Å². The van der Waals surface area contributed by atoms with Crippen LogP contribution in [0.15, 0.2) is 0 Å². The van der Waals surface area contributed by atoms with E-state index in [1.807, 2.05) is 0 Å². The number of hydrogen-bond donors (Lipinski definition) is 0. The Balaban J connectivity index is 5.93. The Morgan fingerprint density at radius 2 is 0.610 bits per heavy atom. The van der Waals surface area contributed by atoms with Gasteiger partial charge in [-0.15, -0.1) is 0 Å². The number of carbonyl (C=O) groups excluding carboxylic acids is 1. The van der Waals surface area contributed by atoms with Crippen LogP contribution in [-0.2, 0) is 9.32 Å². The fraction of sp³-hybridized carbons (Fsp3) is 0.974. The molecule has 0 aromatic heterocycles. The van der Waals surface area contributed by atoms with E-state index in [1.165, 1.54) is 185 Å². The average Bonchev–Trinajstić information content (AvgIpc) is 2.97. The van der Waals surface area contributed by atoms with Crippen molar-refractivity contribution >= 4 is 12.8 Å². The molecule has 0 atom stereocenters. The van der Waals surface area contributed by atoms with E-state index < -0.39 is 6.83 Å². The fourth-order valence-electron chi connectivity index (χ4n) is 6.87. The Morgan fingerprint density at radius 1 is 0.366 bits per heavy atom. The summed E-state index contributed by atoms with van der Waals surface area (Å²) in [5.41, 5.74) is 0. The van der Waals surface area contributed by atoms with E-state index in [1.54, 1.807) is 0 Å².